The Labute approximate surface area is 128 Å². The standard InChI is InChI=1S/C16H19N3OS/c1-9-8-16(3,4)11-6-5-7-12(13(9)11)17-15(20)14-10(2)18-19-21-14/h5-7,9H,8H2,1-4H3,(H,17,20). The zero-order valence-corrected chi connectivity index (χ0v) is 13.5. The van der Waals surface area contributed by atoms with E-state index in [0.29, 0.717) is 16.5 Å². The smallest absolute Gasteiger partial charge is 0.269 e. The van der Waals surface area contributed by atoms with Crippen molar-refractivity contribution in [2.75, 3.05) is 5.32 Å². The number of carbonyl (C=O) groups excluding carboxylic acids is 1. The van der Waals surface area contributed by atoms with E-state index in [1.807, 2.05) is 12.1 Å². The number of aromatic nitrogens is 2. The molecule has 0 saturated heterocycles. The van der Waals surface area contributed by atoms with Crippen LogP contribution < -0.4 is 5.32 Å². The predicted molar refractivity (Wildman–Crippen MR) is 85.1 cm³/mol. The molecule has 1 aliphatic rings. The molecule has 0 spiro atoms. The maximum atomic E-state index is 12.4. The Morgan fingerprint density at radius 1 is 1.43 bits per heavy atom. The van der Waals surface area contributed by atoms with Gasteiger partial charge >= 0.3 is 0 Å². The van der Waals surface area contributed by atoms with Crippen LogP contribution in [0, 0.1) is 6.92 Å². The van der Waals surface area contributed by atoms with Gasteiger partial charge in [0, 0.05) is 5.69 Å². The van der Waals surface area contributed by atoms with E-state index in [9.17, 15) is 4.79 Å². The second kappa shape index (κ2) is 4.91. The second-order valence-electron chi connectivity index (χ2n) is 6.40. The third-order valence-electron chi connectivity index (χ3n) is 4.25. The number of carbonyl (C=O) groups is 1. The normalized spacial score (nSPS) is 19.3. The van der Waals surface area contributed by atoms with Crippen molar-refractivity contribution in [3.05, 3.63) is 39.9 Å². The molecule has 1 heterocycles. The largest absolute Gasteiger partial charge is 0.321 e. The lowest BCUT2D eigenvalue weighted by molar-refractivity contribution is 0.102. The summed E-state index contributed by atoms with van der Waals surface area (Å²) in [5.41, 5.74) is 4.37. The van der Waals surface area contributed by atoms with E-state index in [4.69, 9.17) is 0 Å². The monoisotopic (exact) mass is 301 g/mol. The molecular formula is C16H19N3OS. The summed E-state index contributed by atoms with van der Waals surface area (Å²) in [4.78, 5) is 13.0. The number of amides is 1. The number of nitrogens with one attached hydrogen (secondary N) is 1. The van der Waals surface area contributed by atoms with Gasteiger partial charge in [0.25, 0.3) is 5.91 Å². The maximum absolute atomic E-state index is 12.4. The van der Waals surface area contributed by atoms with Gasteiger partial charge in [0.05, 0.1) is 5.69 Å². The number of anilines is 1. The van der Waals surface area contributed by atoms with Crippen LogP contribution in [0.2, 0.25) is 0 Å². The molecule has 21 heavy (non-hydrogen) atoms. The molecule has 0 radical (unpaired) electrons. The van der Waals surface area contributed by atoms with Gasteiger partial charge in [-0.3, -0.25) is 4.79 Å². The second-order valence-corrected chi connectivity index (χ2v) is 7.15. The fraction of sp³-hybridized carbons (Fsp3) is 0.438. The lowest BCUT2D eigenvalue weighted by atomic mass is 9.86. The van der Waals surface area contributed by atoms with E-state index < -0.39 is 0 Å². The van der Waals surface area contributed by atoms with Crippen LogP contribution in [-0.4, -0.2) is 15.5 Å². The molecule has 0 saturated carbocycles. The lowest BCUT2D eigenvalue weighted by Crippen LogP contribution is -2.14. The number of nitrogens with zero attached hydrogens (tertiary/aromatic N) is 2. The van der Waals surface area contributed by atoms with Crippen molar-refractivity contribution in [3.8, 4) is 0 Å². The molecule has 5 heteroatoms. The van der Waals surface area contributed by atoms with Crippen molar-refractivity contribution in [1.29, 1.82) is 0 Å². The van der Waals surface area contributed by atoms with E-state index in [1.165, 1.54) is 11.1 Å². The average Bonchev–Trinajstić information content (AvgIpc) is 2.92. The summed E-state index contributed by atoms with van der Waals surface area (Å²) in [6.07, 6.45) is 1.11. The van der Waals surface area contributed by atoms with E-state index >= 15 is 0 Å². The Hall–Kier alpha value is -1.75. The Kier molecular flexibility index (Phi) is 3.32. The molecule has 1 N–H and O–H groups in total. The number of rotatable bonds is 2. The minimum atomic E-state index is -0.118. The first-order chi connectivity index (χ1) is 9.90. The van der Waals surface area contributed by atoms with Crippen molar-refractivity contribution in [3.63, 3.8) is 0 Å². The van der Waals surface area contributed by atoms with Gasteiger partial charge in [-0.25, -0.2) is 0 Å². The fourth-order valence-electron chi connectivity index (χ4n) is 3.39. The van der Waals surface area contributed by atoms with Crippen LogP contribution in [0.15, 0.2) is 18.2 Å². The minimum absolute atomic E-state index is 0.118. The van der Waals surface area contributed by atoms with Crippen molar-refractivity contribution in [2.24, 2.45) is 0 Å². The Bertz CT molecular complexity index is 705. The van der Waals surface area contributed by atoms with Crippen LogP contribution in [0.25, 0.3) is 0 Å². The zero-order chi connectivity index (χ0) is 15.2. The molecule has 1 aromatic carbocycles. The van der Waals surface area contributed by atoms with Crippen molar-refractivity contribution >= 4 is 23.1 Å². The van der Waals surface area contributed by atoms with Crippen LogP contribution in [0.4, 0.5) is 5.69 Å². The van der Waals surface area contributed by atoms with Gasteiger partial charge in [-0.05, 0) is 53.4 Å². The summed E-state index contributed by atoms with van der Waals surface area (Å²) in [5.74, 6) is 0.333. The molecule has 1 atom stereocenters. The molecule has 0 bridgehead atoms. The summed E-state index contributed by atoms with van der Waals surface area (Å²) < 4.78 is 3.83. The molecule has 4 nitrogen and oxygen atoms in total. The third-order valence-corrected chi connectivity index (χ3v) is 5.08. The molecule has 0 fully saturated rings. The highest BCUT2D eigenvalue weighted by Gasteiger charge is 2.36. The fourth-order valence-corrected chi connectivity index (χ4v) is 3.94. The summed E-state index contributed by atoms with van der Waals surface area (Å²) in [5, 5.41) is 6.94. The molecule has 2 aromatic rings. The van der Waals surface area contributed by atoms with Crippen molar-refractivity contribution in [2.45, 2.75) is 45.4 Å². The van der Waals surface area contributed by atoms with Gasteiger partial charge in [0.2, 0.25) is 0 Å². The number of hydrogen-bond acceptors (Lipinski definition) is 4. The Balaban J connectivity index is 1.97. The number of fused-ring (bicyclic) bond motifs is 1. The summed E-state index contributed by atoms with van der Waals surface area (Å²) in [7, 11) is 0. The van der Waals surface area contributed by atoms with Crippen molar-refractivity contribution in [1.82, 2.24) is 9.59 Å². The molecule has 3 rings (SSSR count). The van der Waals surface area contributed by atoms with E-state index in [0.717, 1.165) is 23.6 Å². The highest BCUT2D eigenvalue weighted by molar-refractivity contribution is 7.08. The van der Waals surface area contributed by atoms with Crippen LogP contribution >= 0.6 is 11.5 Å². The highest BCUT2D eigenvalue weighted by atomic mass is 32.1. The maximum Gasteiger partial charge on any atom is 0.269 e. The van der Waals surface area contributed by atoms with Crippen molar-refractivity contribution < 1.29 is 4.79 Å². The minimum Gasteiger partial charge on any atom is -0.321 e. The van der Waals surface area contributed by atoms with Crippen LogP contribution in [0.3, 0.4) is 0 Å². The predicted octanol–water partition coefficient (Wildman–Crippen LogP) is 3.88. The van der Waals surface area contributed by atoms with Crippen LogP contribution in [-0.2, 0) is 5.41 Å². The first kappa shape index (κ1) is 14.2. The summed E-state index contributed by atoms with van der Waals surface area (Å²) in [6.45, 7) is 8.55. The number of benzene rings is 1. The molecule has 1 unspecified atom stereocenters. The van der Waals surface area contributed by atoms with Crippen LogP contribution in [0.1, 0.15) is 59.6 Å². The SMILES string of the molecule is Cc1nnsc1C(=O)Nc1cccc2c1C(C)CC2(C)C. The average molecular weight is 301 g/mol. The van der Waals surface area contributed by atoms with E-state index in [-0.39, 0.29) is 11.3 Å². The molecule has 0 aliphatic heterocycles. The van der Waals surface area contributed by atoms with Gasteiger partial charge in [-0.1, -0.05) is 37.4 Å². The van der Waals surface area contributed by atoms with Gasteiger partial charge in [0.15, 0.2) is 0 Å². The number of hydrogen-bond donors (Lipinski definition) is 1. The molecule has 1 aliphatic carbocycles. The number of aryl methyl sites for hydroxylation is 1. The first-order valence-electron chi connectivity index (χ1n) is 7.14. The topological polar surface area (TPSA) is 54.9 Å². The Morgan fingerprint density at radius 2 is 2.19 bits per heavy atom. The quantitative estimate of drug-likeness (QED) is 0.915. The van der Waals surface area contributed by atoms with Gasteiger partial charge in [-0.15, -0.1) is 5.10 Å². The van der Waals surface area contributed by atoms with Gasteiger partial charge in [0.1, 0.15) is 4.88 Å². The molecular weight excluding hydrogens is 282 g/mol. The summed E-state index contributed by atoms with van der Waals surface area (Å²) >= 11 is 1.14. The van der Waals surface area contributed by atoms with Gasteiger partial charge < -0.3 is 5.32 Å². The van der Waals surface area contributed by atoms with E-state index in [1.54, 1.807) is 6.92 Å². The summed E-state index contributed by atoms with van der Waals surface area (Å²) in [6, 6.07) is 6.18. The lowest BCUT2D eigenvalue weighted by Gasteiger charge is -2.19. The first-order valence-corrected chi connectivity index (χ1v) is 7.91. The zero-order valence-electron chi connectivity index (χ0n) is 12.7. The van der Waals surface area contributed by atoms with E-state index in [2.05, 4.69) is 41.7 Å². The van der Waals surface area contributed by atoms with Crippen LogP contribution in [0.5, 0.6) is 0 Å². The molecule has 110 valence electrons. The third kappa shape index (κ3) is 2.35. The molecule has 1 amide bonds. The highest BCUT2D eigenvalue weighted by Crippen LogP contribution is 2.48. The Morgan fingerprint density at radius 3 is 2.86 bits per heavy atom. The van der Waals surface area contributed by atoms with Gasteiger partial charge in [-0.2, -0.15) is 0 Å². The molecule has 1 aromatic heterocycles.